The Hall–Kier alpha value is -3.48. The van der Waals surface area contributed by atoms with Gasteiger partial charge in [-0.15, -0.1) is 0 Å². The van der Waals surface area contributed by atoms with Crippen LogP contribution in [0.3, 0.4) is 0 Å². The van der Waals surface area contributed by atoms with Gasteiger partial charge < -0.3 is 15.4 Å². The van der Waals surface area contributed by atoms with Crippen LogP contribution in [0.2, 0.25) is 0 Å². The van der Waals surface area contributed by atoms with Gasteiger partial charge in [-0.3, -0.25) is 4.79 Å². The monoisotopic (exact) mass is 401 g/mol. The number of ether oxygens (including phenoxy) is 1. The van der Waals surface area contributed by atoms with Crippen molar-refractivity contribution in [2.45, 2.75) is 38.7 Å². The number of aryl methyl sites for hydroxylation is 1. The molecule has 7 nitrogen and oxygen atoms in total. The molecule has 2 aliphatic rings. The molecule has 0 bridgehead atoms. The molecular weight excluding hydrogens is 378 g/mol. The molecule has 1 fully saturated rings. The molecule has 7 heteroatoms. The number of hydrogen-bond acceptors (Lipinski definition) is 7. The molecule has 3 aromatic rings. The van der Waals surface area contributed by atoms with Crippen LogP contribution in [0.5, 0.6) is 5.88 Å². The summed E-state index contributed by atoms with van der Waals surface area (Å²) < 4.78 is 5.63. The van der Waals surface area contributed by atoms with E-state index in [1.807, 2.05) is 25.4 Å². The lowest BCUT2D eigenvalue weighted by atomic mass is 9.94. The fourth-order valence-corrected chi connectivity index (χ4v) is 3.89. The minimum Gasteiger partial charge on any atom is -0.473 e. The quantitative estimate of drug-likeness (QED) is 0.636. The zero-order valence-corrected chi connectivity index (χ0v) is 17.0. The number of anilines is 3. The van der Waals surface area contributed by atoms with E-state index in [1.165, 1.54) is 0 Å². The number of hydrogen-bond donors (Lipinski definition) is 2. The number of carbonyl (C=O) groups is 1. The van der Waals surface area contributed by atoms with E-state index in [9.17, 15) is 4.79 Å². The zero-order valence-electron chi connectivity index (χ0n) is 17.0. The summed E-state index contributed by atoms with van der Waals surface area (Å²) in [5, 5.41) is 6.33. The third-order valence-corrected chi connectivity index (χ3v) is 5.56. The number of carbonyl (C=O) groups excluding carboxylic acids is 1. The van der Waals surface area contributed by atoms with E-state index in [0.29, 0.717) is 30.0 Å². The second kappa shape index (κ2) is 7.40. The third-order valence-electron chi connectivity index (χ3n) is 5.56. The van der Waals surface area contributed by atoms with Crippen molar-refractivity contribution in [3.05, 3.63) is 53.5 Å². The van der Waals surface area contributed by atoms with Crippen LogP contribution < -0.4 is 15.4 Å². The molecular formula is C23H23N5O2. The Kier molecular flexibility index (Phi) is 4.58. The number of nitrogens with one attached hydrogen (secondary N) is 2. The van der Waals surface area contributed by atoms with Gasteiger partial charge in [0.2, 0.25) is 5.88 Å². The molecule has 2 heterocycles. The SMILES string of the molecule is CNc1ccc(-c2cnc(Nc3cnc(OC4CC4)cn3)cc2C)c2c1C(=O)CC2. The Morgan fingerprint density at radius 1 is 1.00 bits per heavy atom. The molecule has 0 aliphatic heterocycles. The van der Waals surface area contributed by atoms with Gasteiger partial charge in [-0.05, 0) is 55.0 Å². The first-order valence-corrected chi connectivity index (χ1v) is 10.2. The van der Waals surface area contributed by atoms with E-state index in [4.69, 9.17) is 4.74 Å². The Morgan fingerprint density at radius 3 is 2.53 bits per heavy atom. The molecule has 1 aromatic carbocycles. The van der Waals surface area contributed by atoms with Gasteiger partial charge in [-0.2, -0.15) is 0 Å². The summed E-state index contributed by atoms with van der Waals surface area (Å²) in [6.45, 7) is 2.05. The fourth-order valence-electron chi connectivity index (χ4n) is 3.89. The summed E-state index contributed by atoms with van der Waals surface area (Å²) in [7, 11) is 1.85. The average Bonchev–Trinajstić information content (AvgIpc) is 3.49. The van der Waals surface area contributed by atoms with E-state index >= 15 is 0 Å². The van der Waals surface area contributed by atoms with Crippen LogP contribution in [0, 0.1) is 6.92 Å². The van der Waals surface area contributed by atoms with Crippen molar-refractivity contribution in [1.29, 1.82) is 0 Å². The Bertz CT molecular complexity index is 1120. The van der Waals surface area contributed by atoms with E-state index < -0.39 is 0 Å². The van der Waals surface area contributed by atoms with Crippen LogP contribution in [-0.4, -0.2) is 33.9 Å². The van der Waals surface area contributed by atoms with Crippen molar-refractivity contribution < 1.29 is 9.53 Å². The van der Waals surface area contributed by atoms with Gasteiger partial charge in [-0.1, -0.05) is 6.07 Å². The number of nitrogens with zero attached hydrogens (tertiary/aromatic N) is 3. The van der Waals surface area contributed by atoms with Gasteiger partial charge in [0.25, 0.3) is 0 Å². The topological polar surface area (TPSA) is 89.0 Å². The van der Waals surface area contributed by atoms with Crippen LogP contribution in [0.15, 0.2) is 36.8 Å². The van der Waals surface area contributed by atoms with Gasteiger partial charge in [0, 0.05) is 36.5 Å². The minimum atomic E-state index is 0.202. The Morgan fingerprint density at radius 2 is 1.83 bits per heavy atom. The maximum Gasteiger partial charge on any atom is 0.232 e. The second-order valence-corrected chi connectivity index (χ2v) is 7.75. The van der Waals surface area contributed by atoms with Crippen molar-refractivity contribution in [1.82, 2.24) is 15.0 Å². The maximum atomic E-state index is 12.4. The number of rotatable bonds is 6. The van der Waals surface area contributed by atoms with Crippen LogP contribution in [0.1, 0.15) is 40.7 Å². The minimum absolute atomic E-state index is 0.202. The highest BCUT2D eigenvalue weighted by molar-refractivity contribution is 6.07. The first-order chi connectivity index (χ1) is 14.6. The molecule has 0 spiro atoms. The smallest absolute Gasteiger partial charge is 0.232 e. The standard InChI is InChI=1S/C23H23N5O2/c1-13-9-20(28-21-11-27-22(12-26-21)30-14-3-4-14)25-10-17(13)15-5-7-18(24-2)23-16(15)6-8-19(23)29/h5,7,9-12,14,24H,3-4,6,8H2,1-2H3,(H,25,26,28). The van der Waals surface area contributed by atoms with E-state index in [-0.39, 0.29) is 5.78 Å². The summed E-state index contributed by atoms with van der Waals surface area (Å²) in [6, 6.07) is 6.04. The van der Waals surface area contributed by atoms with Gasteiger partial charge >= 0.3 is 0 Å². The van der Waals surface area contributed by atoms with E-state index in [1.54, 1.807) is 12.4 Å². The zero-order chi connectivity index (χ0) is 20.7. The van der Waals surface area contributed by atoms with Gasteiger partial charge in [0.1, 0.15) is 17.7 Å². The molecule has 0 amide bonds. The molecule has 0 unspecified atom stereocenters. The number of pyridine rings is 1. The van der Waals surface area contributed by atoms with Crippen molar-refractivity contribution in [2.24, 2.45) is 0 Å². The molecule has 5 rings (SSSR count). The molecule has 30 heavy (non-hydrogen) atoms. The van der Waals surface area contributed by atoms with Crippen molar-refractivity contribution in [3.63, 3.8) is 0 Å². The summed E-state index contributed by atoms with van der Waals surface area (Å²) in [5.41, 5.74) is 6.01. The summed E-state index contributed by atoms with van der Waals surface area (Å²) in [5.74, 6) is 2.06. The first kappa shape index (κ1) is 18.5. The lowest BCUT2D eigenvalue weighted by Crippen LogP contribution is -2.03. The van der Waals surface area contributed by atoms with E-state index in [0.717, 1.165) is 52.8 Å². The number of Topliss-reactive ketones (excluding diaryl/α,β-unsaturated/α-hetero) is 1. The highest BCUT2D eigenvalue weighted by Crippen LogP contribution is 2.38. The van der Waals surface area contributed by atoms with Crippen LogP contribution in [0.4, 0.5) is 17.3 Å². The van der Waals surface area contributed by atoms with Crippen LogP contribution in [-0.2, 0) is 6.42 Å². The fraction of sp³-hybridized carbons (Fsp3) is 0.304. The van der Waals surface area contributed by atoms with Crippen molar-refractivity contribution >= 4 is 23.1 Å². The molecule has 0 atom stereocenters. The Balaban J connectivity index is 1.39. The van der Waals surface area contributed by atoms with Gasteiger partial charge in [0.05, 0.1) is 12.4 Å². The van der Waals surface area contributed by atoms with E-state index in [2.05, 4.69) is 38.6 Å². The number of aromatic nitrogens is 3. The molecule has 2 aromatic heterocycles. The molecule has 2 N–H and O–H groups in total. The third kappa shape index (κ3) is 3.47. The molecule has 0 radical (unpaired) electrons. The summed E-state index contributed by atoms with van der Waals surface area (Å²) in [6.07, 6.45) is 8.94. The molecule has 1 saturated carbocycles. The van der Waals surface area contributed by atoms with Gasteiger partial charge in [0.15, 0.2) is 5.78 Å². The predicted octanol–water partition coefficient (Wildman–Crippen LogP) is 4.30. The van der Waals surface area contributed by atoms with Gasteiger partial charge in [-0.25, -0.2) is 15.0 Å². The molecule has 2 aliphatic carbocycles. The highest BCUT2D eigenvalue weighted by Gasteiger charge is 2.26. The predicted molar refractivity (Wildman–Crippen MR) is 116 cm³/mol. The van der Waals surface area contributed by atoms with Crippen LogP contribution >= 0.6 is 0 Å². The second-order valence-electron chi connectivity index (χ2n) is 7.75. The molecule has 0 saturated heterocycles. The molecule has 152 valence electrons. The maximum absolute atomic E-state index is 12.4. The summed E-state index contributed by atoms with van der Waals surface area (Å²) in [4.78, 5) is 25.6. The van der Waals surface area contributed by atoms with Crippen LogP contribution in [0.25, 0.3) is 11.1 Å². The lowest BCUT2D eigenvalue weighted by molar-refractivity contribution is 0.0995. The number of fused-ring (bicyclic) bond motifs is 1. The average molecular weight is 401 g/mol. The lowest BCUT2D eigenvalue weighted by Gasteiger charge is -2.15. The number of benzene rings is 1. The normalized spacial score (nSPS) is 15.1. The van der Waals surface area contributed by atoms with Crippen molar-refractivity contribution in [2.75, 3.05) is 17.7 Å². The first-order valence-electron chi connectivity index (χ1n) is 10.2. The van der Waals surface area contributed by atoms with Crippen molar-refractivity contribution in [3.8, 4) is 17.0 Å². The Labute approximate surface area is 174 Å². The summed E-state index contributed by atoms with van der Waals surface area (Å²) >= 11 is 0. The highest BCUT2D eigenvalue weighted by atomic mass is 16.5. The number of ketones is 1. The largest absolute Gasteiger partial charge is 0.473 e.